The summed E-state index contributed by atoms with van der Waals surface area (Å²) in [5.41, 5.74) is -1.50. The molecule has 0 N–H and O–H groups in total. The van der Waals surface area contributed by atoms with E-state index in [4.69, 9.17) is 0 Å². The Hall–Kier alpha value is -1.11. The Morgan fingerprint density at radius 3 is 2.12 bits per heavy atom. The maximum absolute atomic E-state index is 11.8. The van der Waals surface area contributed by atoms with Crippen LogP contribution in [0.4, 0.5) is 13.2 Å². The molecule has 0 aliphatic carbocycles. The van der Waals surface area contributed by atoms with Crippen LogP contribution in [-0.2, 0) is 19.1 Å². The molecule has 0 fully saturated rings. The first kappa shape index (κ1) is 15.9. The Labute approximate surface area is 97.1 Å². The smallest absolute Gasteiger partial charge is 0.411 e. The van der Waals surface area contributed by atoms with Crippen molar-refractivity contribution in [1.29, 1.82) is 0 Å². The summed E-state index contributed by atoms with van der Waals surface area (Å²) < 4.78 is 44.1. The van der Waals surface area contributed by atoms with E-state index in [0.717, 1.165) is 0 Å². The molecule has 17 heavy (non-hydrogen) atoms. The first-order valence-corrected chi connectivity index (χ1v) is 4.96. The number of hydrogen-bond donors (Lipinski definition) is 0. The lowest BCUT2D eigenvalue weighted by atomic mass is 9.88. The number of esters is 1. The molecule has 0 bridgehead atoms. The summed E-state index contributed by atoms with van der Waals surface area (Å²) >= 11 is 0. The van der Waals surface area contributed by atoms with Crippen molar-refractivity contribution in [3.05, 3.63) is 0 Å². The van der Waals surface area contributed by atoms with Crippen LogP contribution in [-0.4, -0.2) is 37.7 Å². The van der Waals surface area contributed by atoms with Crippen LogP contribution in [0.25, 0.3) is 0 Å². The van der Waals surface area contributed by atoms with Crippen LogP contribution in [0.3, 0.4) is 0 Å². The molecule has 0 aromatic carbocycles. The van der Waals surface area contributed by atoms with Gasteiger partial charge in [0.05, 0.1) is 6.61 Å². The SMILES string of the molecule is CCOC(=O)C(C)(C)C(=O)COCC(F)(F)F. The van der Waals surface area contributed by atoms with E-state index in [9.17, 15) is 22.8 Å². The molecule has 0 rings (SSSR count). The molecule has 0 heterocycles. The average Bonchev–Trinajstić information content (AvgIpc) is 2.15. The van der Waals surface area contributed by atoms with Gasteiger partial charge >= 0.3 is 12.1 Å². The molecule has 4 nitrogen and oxygen atoms in total. The van der Waals surface area contributed by atoms with Crippen LogP contribution in [0, 0.1) is 5.41 Å². The number of halogens is 3. The number of carbonyl (C=O) groups is 2. The second kappa shape index (κ2) is 6.00. The second-order valence-electron chi connectivity index (χ2n) is 3.88. The highest BCUT2D eigenvalue weighted by Gasteiger charge is 2.38. The number of ketones is 1. The van der Waals surface area contributed by atoms with E-state index < -0.39 is 36.6 Å². The van der Waals surface area contributed by atoms with Gasteiger partial charge in [-0.2, -0.15) is 13.2 Å². The molecule has 0 amide bonds. The Balaban J connectivity index is 4.26. The second-order valence-corrected chi connectivity index (χ2v) is 3.88. The Kier molecular flexibility index (Phi) is 5.60. The molecule has 7 heteroatoms. The third kappa shape index (κ3) is 5.67. The molecule has 0 aromatic rings. The normalized spacial score (nSPS) is 12.4. The monoisotopic (exact) mass is 256 g/mol. The van der Waals surface area contributed by atoms with Crippen molar-refractivity contribution in [2.45, 2.75) is 26.9 Å². The maximum atomic E-state index is 11.8. The lowest BCUT2D eigenvalue weighted by Gasteiger charge is -2.20. The highest BCUT2D eigenvalue weighted by atomic mass is 19.4. The summed E-state index contributed by atoms with van der Waals surface area (Å²) in [4.78, 5) is 22.8. The number of ether oxygens (including phenoxy) is 2. The van der Waals surface area contributed by atoms with E-state index in [1.54, 1.807) is 6.92 Å². The van der Waals surface area contributed by atoms with Crippen LogP contribution >= 0.6 is 0 Å². The molecular weight excluding hydrogens is 241 g/mol. The molecule has 0 atom stereocenters. The lowest BCUT2D eigenvalue weighted by Crippen LogP contribution is -2.38. The number of alkyl halides is 3. The Morgan fingerprint density at radius 2 is 1.71 bits per heavy atom. The summed E-state index contributed by atoms with van der Waals surface area (Å²) in [6.45, 7) is 1.94. The Bertz CT molecular complexity index is 284. The van der Waals surface area contributed by atoms with Crippen LogP contribution in [0.2, 0.25) is 0 Å². The minimum absolute atomic E-state index is 0.0962. The van der Waals surface area contributed by atoms with Gasteiger partial charge in [0.15, 0.2) is 5.78 Å². The van der Waals surface area contributed by atoms with E-state index in [1.807, 2.05) is 0 Å². The summed E-state index contributed by atoms with van der Waals surface area (Å²) in [7, 11) is 0. The molecule has 0 aliphatic rings. The fourth-order valence-electron chi connectivity index (χ4n) is 0.865. The molecule has 0 saturated heterocycles. The quantitative estimate of drug-likeness (QED) is 0.536. The zero-order valence-electron chi connectivity index (χ0n) is 9.89. The van der Waals surface area contributed by atoms with Crippen LogP contribution in [0.15, 0.2) is 0 Å². The van der Waals surface area contributed by atoms with Crippen LogP contribution in [0.5, 0.6) is 0 Å². The molecular formula is C10H15F3O4. The lowest BCUT2D eigenvalue weighted by molar-refractivity contribution is -0.178. The van der Waals surface area contributed by atoms with Crippen molar-refractivity contribution < 1.29 is 32.2 Å². The molecule has 0 radical (unpaired) electrons. The molecule has 0 aromatic heterocycles. The first-order chi connectivity index (χ1) is 7.61. The highest BCUT2D eigenvalue weighted by Crippen LogP contribution is 2.20. The van der Waals surface area contributed by atoms with Crippen molar-refractivity contribution in [2.75, 3.05) is 19.8 Å². The van der Waals surface area contributed by atoms with Gasteiger partial charge in [-0.1, -0.05) is 0 Å². The van der Waals surface area contributed by atoms with Crippen molar-refractivity contribution in [1.82, 2.24) is 0 Å². The summed E-state index contributed by atoms with van der Waals surface area (Å²) in [6.07, 6.45) is -4.49. The fraction of sp³-hybridized carbons (Fsp3) is 0.800. The molecule has 0 unspecified atom stereocenters. The standard InChI is InChI=1S/C10H15F3O4/c1-4-17-8(15)9(2,3)7(14)5-16-6-10(11,12)13/h4-6H2,1-3H3. The predicted octanol–water partition coefficient (Wildman–Crippen LogP) is 1.72. The molecule has 0 saturated carbocycles. The zero-order valence-corrected chi connectivity index (χ0v) is 9.89. The van der Waals surface area contributed by atoms with Crippen molar-refractivity contribution >= 4 is 11.8 Å². The van der Waals surface area contributed by atoms with E-state index in [0.29, 0.717) is 0 Å². The fourth-order valence-corrected chi connectivity index (χ4v) is 0.865. The van der Waals surface area contributed by atoms with E-state index in [-0.39, 0.29) is 6.61 Å². The molecule has 0 spiro atoms. The largest absolute Gasteiger partial charge is 0.465 e. The minimum atomic E-state index is -4.49. The minimum Gasteiger partial charge on any atom is -0.465 e. The molecule has 100 valence electrons. The van der Waals surface area contributed by atoms with Gasteiger partial charge in [0.25, 0.3) is 0 Å². The highest BCUT2D eigenvalue weighted by molar-refractivity contribution is 6.03. The zero-order chi connectivity index (χ0) is 13.7. The van der Waals surface area contributed by atoms with Gasteiger partial charge in [0.2, 0.25) is 0 Å². The molecule has 0 aliphatic heterocycles. The van der Waals surface area contributed by atoms with Crippen molar-refractivity contribution in [3.63, 3.8) is 0 Å². The van der Waals surface area contributed by atoms with Gasteiger partial charge in [0.1, 0.15) is 18.6 Å². The van der Waals surface area contributed by atoms with E-state index in [2.05, 4.69) is 9.47 Å². The first-order valence-electron chi connectivity index (χ1n) is 4.96. The van der Waals surface area contributed by atoms with Gasteiger partial charge in [-0.25, -0.2) is 0 Å². The number of Topliss-reactive ketones (excluding diaryl/α,β-unsaturated/α-hetero) is 1. The number of carbonyl (C=O) groups excluding carboxylic acids is 2. The van der Waals surface area contributed by atoms with Gasteiger partial charge in [-0.05, 0) is 20.8 Å². The van der Waals surface area contributed by atoms with E-state index in [1.165, 1.54) is 13.8 Å². The van der Waals surface area contributed by atoms with Gasteiger partial charge < -0.3 is 9.47 Å². The van der Waals surface area contributed by atoms with Gasteiger partial charge in [-0.3, -0.25) is 9.59 Å². The predicted molar refractivity (Wildman–Crippen MR) is 52.3 cm³/mol. The Morgan fingerprint density at radius 1 is 1.18 bits per heavy atom. The topological polar surface area (TPSA) is 52.6 Å². The van der Waals surface area contributed by atoms with Gasteiger partial charge in [-0.15, -0.1) is 0 Å². The summed E-state index contributed by atoms with van der Waals surface area (Å²) in [5.74, 6) is -1.53. The number of rotatable bonds is 6. The third-order valence-electron chi connectivity index (χ3n) is 1.98. The van der Waals surface area contributed by atoms with Crippen LogP contribution in [0.1, 0.15) is 20.8 Å². The van der Waals surface area contributed by atoms with E-state index >= 15 is 0 Å². The number of hydrogen-bond acceptors (Lipinski definition) is 4. The van der Waals surface area contributed by atoms with Crippen LogP contribution < -0.4 is 0 Å². The third-order valence-corrected chi connectivity index (χ3v) is 1.98. The average molecular weight is 256 g/mol. The van der Waals surface area contributed by atoms with Gasteiger partial charge in [0, 0.05) is 0 Å². The van der Waals surface area contributed by atoms with Crippen molar-refractivity contribution in [2.24, 2.45) is 5.41 Å². The summed E-state index contributed by atoms with van der Waals surface area (Å²) in [6, 6.07) is 0. The summed E-state index contributed by atoms with van der Waals surface area (Å²) in [5, 5.41) is 0. The maximum Gasteiger partial charge on any atom is 0.411 e. The van der Waals surface area contributed by atoms with Crippen molar-refractivity contribution in [3.8, 4) is 0 Å².